The van der Waals surface area contributed by atoms with Crippen LogP contribution in [0.3, 0.4) is 0 Å². The second kappa shape index (κ2) is 10.5. The van der Waals surface area contributed by atoms with Crippen LogP contribution in [0.15, 0.2) is 46.8 Å². The van der Waals surface area contributed by atoms with E-state index in [9.17, 15) is 18.0 Å². The number of ketones is 1. The van der Waals surface area contributed by atoms with Gasteiger partial charge in [-0.2, -0.15) is 0 Å². The largest absolute Gasteiger partial charge is 0.488 e. The Labute approximate surface area is 207 Å². The van der Waals surface area contributed by atoms with E-state index in [0.717, 1.165) is 12.8 Å². The van der Waals surface area contributed by atoms with E-state index >= 15 is 0 Å². The van der Waals surface area contributed by atoms with Crippen LogP contribution in [-0.4, -0.2) is 80.6 Å². The topological polar surface area (TPSA) is 114 Å². The van der Waals surface area contributed by atoms with Crippen LogP contribution in [-0.2, 0) is 19.4 Å². The maximum Gasteiger partial charge on any atom is 0.410 e. The van der Waals surface area contributed by atoms with Gasteiger partial charge in [-0.3, -0.25) is 20.0 Å². The smallest absolute Gasteiger partial charge is 0.410 e. The number of rotatable bonds is 10. The quantitative estimate of drug-likeness (QED) is 0.384. The van der Waals surface area contributed by atoms with Crippen molar-refractivity contribution < 1.29 is 27.5 Å². The van der Waals surface area contributed by atoms with Crippen molar-refractivity contribution in [2.24, 2.45) is 4.99 Å². The molecule has 1 saturated heterocycles. The second-order valence-corrected chi connectivity index (χ2v) is 12.2. The van der Waals surface area contributed by atoms with Crippen molar-refractivity contribution in [1.82, 2.24) is 10.2 Å². The Balaban J connectivity index is 1.85. The molecule has 2 fully saturated rings. The number of nitrogens with one attached hydrogen (secondary N) is 1. The average molecular weight is 506 g/mol. The molecular weight excluding hydrogens is 470 g/mol. The zero-order chi connectivity index (χ0) is 25.9. The molecule has 2 aliphatic rings. The van der Waals surface area contributed by atoms with Crippen LogP contribution in [0.5, 0.6) is 5.75 Å². The molecule has 1 aliphatic heterocycles. The summed E-state index contributed by atoms with van der Waals surface area (Å²) in [5, 5.41) is 2.23. The fourth-order valence-corrected chi connectivity index (χ4v) is 5.92. The Morgan fingerprint density at radius 3 is 2.57 bits per heavy atom. The van der Waals surface area contributed by atoms with Crippen LogP contribution in [0.2, 0.25) is 0 Å². The first kappa shape index (κ1) is 26.9. The summed E-state index contributed by atoms with van der Waals surface area (Å²) < 4.78 is 38.3. The first-order valence-corrected chi connectivity index (χ1v) is 13.2. The minimum absolute atomic E-state index is 0.00177. The Kier molecular flexibility index (Phi) is 8.06. The lowest BCUT2D eigenvalue weighted by atomic mass is 10.1. The van der Waals surface area contributed by atoms with E-state index in [2.05, 4.69) is 16.9 Å². The Bertz CT molecular complexity index is 1090. The summed E-state index contributed by atoms with van der Waals surface area (Å²) >= 11 is 0. The molecule has 3 rings (SSSR count). The number of aliphatic imine (C=N–C) groups is 1. The minimum atomic E-state index is -3.92. The average Bonchev–Trinajstić information content (AvgIpc) is 3.39. The molecule has 2 unspecified atom stereocenters. The highest BCUT2D eigenvalue weighted by molar-refractivity contribution is 7.92. The van der Waals surface area contributed by atoms with E-state index in [0.29, 0.717) is 0 Å². The zero-order valence-corrected chi connectivity index (χ0v) is 21.6. The van der Waals surface area contributed by atoms with Crippen LogP contribution in [0.4, 0.5) is 4.79 Å². The van der Waals surface area contributed by atoms with E-state index in [1.807, 2.05) is 0 Å². The highest BCUT2D eigenvalue weighted by Gasteiger charge is 2.48. The molecular formula is C25H35N3O6S. The van der Waals surface area contributed by atoms with Crippen molar-refractivity contribution in [3.05, 3.63) is 36.9 Å². The van der Waals surface area contributed by atoms with Crippen molar-refractivity contribution in [3.63, 3.8) is 0 Å². The van der Waals surface area contributed by atoms with Crippen molar-refractivity contribution in [3.8, 4) is 5.75 Å². The van der Waals surface area contributed by atoms with E-state index in [4.69, 9.17) is 9.47 Å². The molecule has 0 radical (unpaired) electrons. The van der Waals surface area contributed by atoms with Gasteiger partial charge < -0.3 is 9.47 Å². The third-order valence-electron chi connectivity index (χ3n) is 5.99. The predicted molar refractivity (Wildman–Crippen MR) is 134 cm³/mol. The Hall–Kier alpha value is -2.72. The van der Waals surface area contributed by atoms with Crippen molar-refractivity contribution in [2.45, 2.75) is 67.4 Å². The van der Waals surface area contributed by atoms with Gasteiger partial charge in [-0.1, -0.05) is 24.8 Å². The van der Waals surface area contributed by atoms with Gasteiger partial charge in [0, 0.05) is 19.8 Å². The number of carbonyl (C=O) groups excluding carboxylic acids is 2. The number of sulfone groups is 1. The van der Waals surface area contributed by atoms with Crippen LogP contribution in [0.25, 0.3) is 0 Å². The third kappa shape index (κ3) is 6.49. The Morgan fingerprint density at radius 1 is 1.29 bits per heavy atom. The van der Waals surface area contributed by atoms with E-state index in [1.54, 1.807) is 52.2 Å². The van der Waals surface area contributed by atoms with Gasteiger partial charge in [0.2, 0.25) is 0 Å². The molecule has 1 amide bonds. The molecule has 1 aromatic carbocycles. The number of Topliss-reactive ketones (excluding diaryl/α,β-unsaturated/α-hetero) is 1. The lowest BCUT2D eigenvalue weighted by Crippen LogP contribution is -2.47. The third-order valence-corrected chi connectivity index (χ3v) is 8.16. The maximum atomic E-state index is 13.6. The molecule has 192 valence electrons. The summed E-state index contributed by atoms with van der Waals surface area (Å²) in [6.07, 6.45) is 4.33. The summed E-state index contributed by atoms with van der Waals surface area (Å²) in [5.41, 5.74) is -1.09. The maximum absolute atomic E-state index is 13.6. The molecule has 1 heterocycles. The molecule has 1 N–H and O–H groups in total. The highest BCUT2D eigenvalue weighted by Crippen LogP contribution is 2.35. The number of carbonyl (C=O) groups is 2. The Morgan fingerprint density at radius 2 is 1.97 bits per heavy atom. The van der Waals surface area contributed by atoms with E-state index in [-0.39, 0.29) is 48.1 Å². The monoisotopic (exact) mass is 505 g/mol. The van der Waals surface area contributed by atoms with Gasteiger partial charge in [-0.15, -0.1) is 0 Å². The number of hydrogen-bond acceptors (Lipinski definition) is 8. The molecule has 10 heteroatoms. The van der Waals surface area contributed by atoms with Crippen molar-refractivity contribution >= 4 is 27.9 Å². The second-order valence-electron chi connectivity index (χ2n) is 9.96. The summed E-state index contributed by atoms with van der Waals surface area (Å²) in [4.78, 5) is 31.6. The van der Waals surface area contributed by atoms with Crippen LogP contribution >= 0.6 is 0 Å². The molecule has 2 atom stereocenters. The number of benzene rings is 1. The number of hydrogen-bond donors (Lipinski definition) is 1. The summed E-state index contributed by atoms with van der Waals surface area (Å²) in [6.45, 7) is 8.77. The van der Waals surface area contributed by atoms with Crippen LogP contribution in [0, 0.1) is 0 Å². The molecule has 0 aromatic heterocycles. The fourth-order valence-electron chi connectivity index (χ4n) is 4.10. The number of para-hydroxylation sites is 1. The standard InChI is InChI=1S/C25H35N3O6S/c1-6-13-33-21-9-7-8-10-22(21)35(31,32)18-14-19(28(16-18)23(30)34-24(2,3)4)20(29)15-27-25(11-12-25)17-26-5/h6-10,17-19,27H,1,11-16H2,2-5H3. The summed E-state index contributed by atoms with van der Waals surface area (Å²) in [5.74, 6) is -0.0530. The molecule has 0 bridgehead atoms. The molecule has 9 nitrogen and oxygen atoms in total. The highest BCUT2D eigenvalue weighted by atomic mass is 32.2. The van der Waals surface area contributed by atoms with E-state index < -0.39 is 32.8 Å². The zero-order valence-electron chi connectivity index (χ0n) is 20.8. The SMILES string of the molecule is C=CCOc1ccccc1S(=O)(=O)C1CC(C(=O)CNC2(C=NC)CC2)N(C(=O)OC(C)(C)C)C1. The van der Waals surface area contributed by atoms with Gasteiger partial charge in [0.15, 0.2) is 15.6 Å². The normalized spacial score (nSPS) is 21.7. The summed E-state index contributed by atoms with van der Waals surface area (Å²) in [6, 6.07) is 5.43. The molecule has 1 saturated carbocycles. The number of nitrogens with zero attached hydrogens (tertiary/aromatic N) is 2. The van der Waals surface area contributed by atoms with Gasteiger partial charge in [0.05, 0.1) is 23.4 Å². The van der Waals surface area contributed by atoms with Crippen molar-refractivity contribution in [1.29, 1.82) is 0 Å². The van der Waals surface area contributed by atoms with Gasteiger partial charge in [0.1, 0.15) is 22.9 Å². The lowest BCUT2D eigenvalue weighted by Gasteiger charge is -2.28. The van der Waals surface area contributed by atoms with Gasteiger partial charge in [-0.05, 0) is 52.2 Å². The minimum Gasteiger partial charge on any atom is -0.488 e. The lowest BCUT2D eigenvalue weighted by molar-refractivity contribution is -0.122. The number of ether oxygens (including phenoxy) is 2. The predicted octanol–water partition coefficient (Wildman–Crippen LogP) is 2.80. The van der Waals surface area contributed by atoms with Gasteiger partial charge >= 0.3 is 6.09 Å². The van der Waals surface area contributed by atoms with Crippen LogP contribution in [0.1, 0.15) is 40.0 Å². The molecule has 1 aliphatic carbocycles. The summed E-state index contributed by atoms with van der Waals surface area (Å²) in [7, 11) is -2.24. The van der Waals surface area contributed by atoms with Crippen LogP contribution < -0.4 is 10.1 Å². The molecule has 1 aromatic rings. The molecule has 0 spiro atoms. The van der Waals surface area contributed by atoms with Gasteiger partial charge in [0.25, 0.3) is 0 Å². The van der Waals surface area contributed by atoms with Gasteiger partial charge in [-0.25, -0.2) is 13.2 Å². The number of amides is 1. The van der Waals surface area contributed by atoms with Crippen molar-refractivity contribution in [2.75, 3.05) is 26.7 Å². The first-order valence-electron chi connectivity index (χ1n) is 11.7. The van der Waals surface area contributed by atoms with E-state index in [1.165, 1.54) is 17.0 Å². The fraction of sp³-hybridized carbons (Fsp3) is 0.560. The molecule has 35 heavy (non-hydrogen) atoms. The number of likely N-dealkylation sites (tertiary alicyclic amines) is 1. The first-order chi connectivity index (χ1) is 16.4.